The second-order valence-electron chi connectivity index (χ2n) is 4.73. The van der Waals surface area contributed by atoms with Crippen LogP contribution in [-0.2, 0) is 9.53 Å². The number of hydrogen-bond acceptors (Lipinski definition) is 3. The molecule has 0 aromatic rings. The SMILES string of the molecule is O=C(NC1CCOCC1)NC1(C(=O)O)CCC1. The average Bonchev–Trinajstić information content (AvgIpc) is 2.24. The third kappa shape index (κ3) is 2.69. The van der Waals surface area contributed by atoms with Crippen LogP contribution in [0.2, 0.25) is 0 Å². The molecule has 0 atom stereocenters. The Labute approximate surface area is 99.7 Å². The summed E-state index contributed by atoms with van der Waals surface area (Å²) in [5.74, 6) is -0.939. The molecule has 1 heterocycles. The summed E-state index contributed by atoms with van der Waals surface area (Å²) in [4.78, 5) is 22.8. The van der Waals surface area contributed by atoms with Gasteiger partial charge in [0, 0.05) is 19.3 Å². The van der Waals surface area contributed by atoms with E-state index in [4.69, 9.17) is 9.84 Å². The molecule has 0 radical (unpaired) electrons. The minimum Gasteiger partial charge on any atom is -0.480 e. The van der Waals surface area contributed by atoms with Crippen molar-refractivity contribution >= 4 is 12.0 Å². The summed E-state index contributed by atoms with van der Waals surface area (Å²) >= 11 is 0. The van der Waals surface area contributed by atoms with E-state index < -0.39 is 11.5 Å². The largest absolute Gasteiger partial charge is 0.480 e. The van der Waals surface area contributed by atoms with Crippen LogP contribution in [0.25, 0.3) is 0 Å². The fourth-order valence-electron chi connectivity index (χ4n) is 2.20. The quantitative estimate of drug-likeness (QED) is 0.671. The molecule has 2 fully saturated rings. The summed E-state index contributed by atoms with van der Waals surface area (Å²) < 4.78 is 5.19. The van der Waals surface area contributed by atoms with E-state index >= 15 is 0 Å². The van der Waals surface area contributed by atoms with Gasteiger partial charge in [0.25, 0.3) is 0 Å². The molecule has 3 N–H and O–H groups in total. The Hall–Kier alpha value is -1.30. The van der Waals surface area contributed by atoms with Gasteiger partial charge < -0.3 is 20.5 Å². The molecule has 0 spiro atoms. The molecule has 6 nitrogen and oxygen atoms in total. The minimum atomic E-state index is -1.03. The van der Waals surface area contributed by atoms with Gasteiger partial charge in [-0.05, 0) is 32.1 Å². The van der Waals surface area contributed by atoms with Crippen LogP contribution in [0.4, 0.5) is 4.79 Å². The first-order valence-electron chi connectivity index (χ1n) is 6.02. The standard InChI is InChI=1S/C11H18N2O4/c14-9(15)11(4-1-5-11)13-10(16)12-8-2-6-17-7-3-8/h8H,1-7H2,(H,14,15)(H2,12,13,16). The summed E-state index contributed by atoms with van der Waals surface area (Å²) in [7, 11) is 0. The van der Waals surface area contributed by atoms with Gasteiger partial charge in [-0.1, -0.05) is 0 Å². The number of carbonyl (C=O) groups is 2. The zero-order valence-corrected chi connectivity index (χ0v) is 9.70. The molecule has 17 heavy (non-hydrogen) atoms. The number of aliphatic carboxylic acids is 1. The van der Waals surface area contributed by atoms with Crippen LogP contribution in [0.3, 0.4) is 0 Å². The van der Waals surface area contributed by atoms with Gasteiger partial charge >= 0.3 is 12.0 Å². The molecule has 2 amide bonds. The first kappa shape index (κ1) is 12.2. The topological polar surface area (TPSA) is 87.7 Å². The maximum Gasteiger partial charge on any atom is 0.329 e. The highest BCUT2D eigenvalue weighted by atomic mass is 16.5. The first-order chi connectivity index (χ1) is 8.12. The lowest BCUT2D eigenvalue weighted by atomic mass is 9.77. The fraction of sp³-hybridized carbons (Fsp3) is 0.818. The Morgan fingerprint density at radius 2 is 1.88 bits per heavy atom. The number of nitrogens with one attached hydrogen (secondary N) is 2. The molecule has 1 saturated heterocycles. The zero-order chi connectivity index (χ0) is 12.3. The van der Waals surface area contributed by atoms with Crippen LogP contribution in [0.15, 0.2) is 0 Å². The van der Waals surface area contributed by atoms with Crippen LogP contribution in [0.1, 0.15) is 32.1 Å². The van der Waals surface area contributed by atoms with E-state index in [-0.39, 0.29) is 12.1 Å². The van der Waals surface area contributed by atoms with Crippen LogP contribution < -0.4 is 10.6 Å². The Morgan fingerprint density at radius 1 is 1.24 bits per heavy atom. The van der Waals surface area contributed by atoms with Gasteiger partial charge in [0.2, 0.25) is 0 Å². The predicted octanol–water partition coefficient (Wildman–Crippen LogP) is 0.472. The molecular formula is C11H18N2O4. The van der Waals surface area contributed by atoms with Crippen LogP contribution in [0, 0.1) is 0 Å². The van der Waals surface area contributed by atoms with Gasteiger partial charge in [0.05, 0.1) is 0 Å². The normalized spacial score (nSPS) is 23.5. The second kappa shape index (κ2) is 4.91. The van der Waals surface area contributed by atoms with Crippen LogP contribution >= 0.6 is 0 Å². The summed E-state index contributed by atoms with van der Waals surface area (Å²) in [5, 5.41) is 14.5. The smallest absolute Gasteiger partial charge is 0.329 e. The lowest BCUT2D eigenvalue weighted by Gasteiger charge is -2.38. The Bertz CT molecular complexity index is 309. The number of amides is 2. The van der Waals surface area contributed by atoms with Gasteiger partial charge in [-0.25, -0.2) is 9.59 Å². The van der Waals surface area contributed by atoms with Gasteiger partial charge in [0.15, 0.2) is 0 Å². The number of hydrogen-bond donors (Lipinski definition) is 3. The number of carboxylic acids is 1. The Balaban J connectivity index is 1.81. The summed E-state index contributed by atoms with van der Waals surface area (Å²) in [6.07, 6.45) is 3.46. The first-order valence-corrected chi connectivity index (χ1v) is 6.02. The van der Waals surface area contributed by atoms with Gasteiger partial charge in [-0.2, -0.15) is 0 Å². The zero-order valence-electron chi connectivity index (χ0n) is 9.70. The maximum absolute atomic E-state index is 11.7. The number of carbonyl (C=O) groups excluding carboxylic acids is 1. The van der Waals surface area contributed by atoms with E-state index in [0.29, 0.717) is 26.1 Å². The molecule has 2 aliphatic rings. The lowest BCUT2D eigenvalue weighted by Crippen LogP contribution is -2.62. The van der Waals surface area contributed by atoms with Crippen molar-refractivity contribution in [3.05, 3.63) is 0 Å². The highest BCUT2D eigenvalue weighted by Gasteiger charge is 2.45. The fourth-order valence-corrected chi connectivity index (χ4v) is 2.20. The molecule has 0 bridgehead atoms. The van der Waals surface area contributed by atoms with E-state index in [1.54, 1.807) is 0 Å². The van der Waals surface area contributed by atoms with E-state index in [1.165, 1.54) is 0 Å². The second-order valence-corrected chi connectivity index (χ2v) is 4.73. The van der Waals surface area contributed by atoms with Gasteiger partial charge in [-0.15, -0.1) is 0 Å². The summed E-state index contributed by atoms with van der Waals surface area (Å²) in [6, 6.07) is -0.284. The number of urea groups is 1. The number of ether oxygens (including phenoxy) is 1. The van der Waals surface area contributed by atoms with E-state index in [9.17, 15) is 9.59 Å². The monoisotopic (exact) mass is 242 g/mol. The number of rotatable bonds is 3. The number of carboxylic acid groups (broad SMARTS) is 1. The summed E-state index contributed by atoms with van der Waals surface area (Å²) in [6.45, 7) is 1.30. The predicted molar refractivity (Wildman–Crippen MR) is 59.7 cm³/mol. The van der Waals surface area contributed by atoms with Gasteiger partial charge in [-0.3, -0.25) is 0 Å². The Kier molecular flexibility index (Phi) is 3.51. The molecule has 0 unspecified atom stereocenters. The molecule has 1 aliphatic carbocycles. The van der Waals surface area contributed by atoms with Crippen LogP contribution in [-0.4, -0.2) is 41.9 Å². The van der Waals surface area contributed by atoms with E-state index in [0.717, 1.165) is 19.3 Å². The van der Waals surface area contributed by atoms with E-state index in [2.05, 4.69) is 10.6 Å². The molecule has 2 rings (SSSR count). The van der Waals surface area contributed by atoms with Crippen molar-refractivity contribution in [2.75, 3.05) is 13.2 Å². The lowest BCUT2D eigenvalue weighted by molar-refractivity contribution is -0.148. The molecule has 6 heteroatoms. The molecule has 0 aromatic heterocycles. The maximum atomic E-state index is 11.7. The van der Waals surface area contributed by atoms with Gasteiger partial charge in [0.1, 0.15) is 5.54 Å². The van der Waals surface area contributed by atoms with Crippen molar-refractivity contribution in [3.63, 3.8) is 0 Å². The van der Waals surface area contributed by atoms with Crippen molar-refractivity contribution in [2.24, 2.45) is 0 Å². The van der Waals surface area contributed by atoms with Crippen molar-refractivity contribution in [3.8, 4) is 0 Å². The highest BCUT2D eigenvalue weighted by Crippen LogP contribution is 2.31. The molecule has 0 aromatic carbocycles. The molecular weight excluding hydrogens is 224 g/mol. The minimum absolute atomic E-state index is 0.0923. The van der Waals surface area contributed by atoms with Crippen LogP contribution in [0.5, 0.6) is 0 Å². The van der Waals surface area contributed by atoms with Crippen molar-refractivity contribution in [1.82, 2.24) is 10.6 Å². The van der Waals surface area contributed by atoms with Crippen molar-refractivity contribution in [1.29, 1.82) is 0 Å². The molecule has 1 saturated carbocycles. The summed E-state index contributed by atoms with van der Waals surface area (Å²) in [5.41, 5.74) is -1.03. The van der Waals surface area contributed by atoms with Crippen molar-refractivity contribution < 1.29 is 19.4 Å². The van der Waals surface area contributed by atoms with Crippen molar-refractivity contribution in [2.45, 2.75) is 43.7 Å². The third-order valence-corrected chi connectivity index (χ3v) is 3.53. The Morgan fingerprint density at radius 3 is 2.35 bits per heavy atom. The third-order valence-electron chi connectivity index (χ3n) is 3.53. The average molecular weight is 242 g/mol. The molecule has 1 aliphatic heterocycles. The molecule has 96 valence electrons. The van der Waals surface area contributed by atoms with E-state index in [1.807, 2.05) is 0 Å². The highest BCUT2D eigenvalue weighted by molar-refractivity contribution is 5.87.